The number of likely N-dealkylation sites (tertiary alicyclic amines) is 1. The van der Waals surface area contributed by atoms with Gasteiger partial charge >= 0.3 is 0 Å². The minimum atomic E-state index is 0.00528. The maximum atomic E-state index is 12.3. The highest BCUT2D eigenvalue weighted by Crippen LogP contribution is 2.19. The van der Waals surface area contributed by atoms with Crippen LogP contribution in [0.15, 0.2) is 18.3 Å². The summed E-state index contributed by atoms with van der Waals surface area (Å²) in [6, 6.07) is 3.63. The molecule has 1 atom stereocenters. The highest BCUT2D eigenvalue weighted by atomic mass is 16.5. The molecule has 1 N–H and O–H groups in total. The predicted octanol–water partition coefficient (Wildman–Crippen LogP) is 1.23. The number of nitrogens with zero attached hydrogens (tertiary/aromatic N) is 2. The van der Waals surface area contributed by atoms with Crippen molar-refractivity contribution in [3.63, 3.8) is 0 Å². The van der Waals surface area contributed by atoms with Crippen LogP contribution in [0.4, 0.5) is 5.69 Å². The van der Waals surface area contributed by atoms with Gasteiger partial charge < -0.3 is 15.0 Å². The summed E-state index contributed by atoms with van der Waals surface area (Å²) in [5, 5.41) is 3.01. The van der Waals surface area contributed by atoms with E-state index in [1.54, 1.807) is 19.4 Å². The van der Waals surface area contributed by atoms with E-state index in [0.29, 0.717) is 18.2 Å². The number of anilines is 1. The van der Waals surface area contributed by atoms with Gasteiger partial charge in [-0.05, 0) is 18.6 Å². The Bertz CT molecular complexity index is 422. The Hall–Kier alpha value is -1.62. The van der Waals surface area contributed by atoms with Crippen LogP contribution < -0.4 is 5.32 Å². The first-order valence-electron chi connectivity index (χ1n) is 6.16. The van der Waals surface area contributed by atoms with Crippen LogP contribution in [-0.2, 0) is 4.74 Å². The van der Waals surface area contributed by atoms with Crippen molar-refractivity contribution in [2.24, 2.45) is 5.92 Å². The molecule has 0 aliphatic carbocycles. The minimum absolute atomic E-state index is 0.00528. The fraction of sp³-hybridized carbons (Fsp3) is 0.538. The summed E-state index contributed by atoms with van der Waals surface area (Å²) in [6.07, 6.45) is 2.66. The summed E-state index contributed by atoms with van der Waals surface area (Å²) in [5.74, 6) is 0.456. The molecule has 0 radical (unpaired) electrons. The highest BCUT2D eigenvalue weighted by Gasteiger charge is 2.27. The van der Waals surface area contributed by atoms with Crippen LogP contribution in [0.25, 0.3) is 0 Å². The zero-order chi connectivity index (χ0) is 13.0. The van der Waals surface area contributed by atoms with Gasteiger partial charge in [-0.25, -0.2) is 0 Å². The molecule has 0 aromatic carbocycles. The third-order valence-corrected chi connectivity index (χ3v) is 3.24. The number of hydrogen-bond donors (Lipinski definition) is 1. The molecule has 1 aliphatic rings. The number of rotatable bonds is 4. The summed E-state index contributed by atoms with van der Waals surface area (Å²) in [7, 11) is 3.52. The summed E-state index contributed by atoms with van der Waals surface area (Å²) in [4.78, 5) is 18.3. The molecule has 98 valence electrons. The van der Waals surface area contributed by atoms with Gasteiger partial charge in [0.25, 0.3) is 5.91 Å². The van der Waals surface area contributed by atoms with E-state index >= 15 is 0 Å². The molecule has 0 spiro atoms. The van der Waals surface area contributed by atoms with Crippen LogP contribution in [0.3, 0.4) is 0 Å². The number of pyridine rings is 1. The molecule has 5 nitrogen and oxygen atoms in total. The van der Waals surface area contributed by atoms with Crippen molar-refractivity contribution in [1.82, 2.24) is 9.88 Å². The third kappa shape index (κ3) is 2.79. The van der Waals surface area contributed by atoms with E-state index in [9.17, 15) is 4.79 Å². The van der Waals surface area contributed by atoms with E-state index in [4.69, 9.17) is 4.74 Å². The van der Waals surface area contributed by atoms with Crippen molar-refractivity contribution >= 4 is 11.6 Å². The van der Waals surface area contributed by atoms with Crippen molar-refractivity contribution < 1.29 is 9.53 Å². The molecule has 5 heteroatoms. The Morgan fingerprint density at radius 3 is 3.22 bits per heavy atom. The van der Waals surface area contributed by atoms with Gasteiger partial charge in [-0.1, -0.05) is 0 Å². The summed E-state index contributed by atoms with van der Waals surface area (Å²) >= 11 is 0. The molecular formula is C13H19N3O2. The molecule has 1 aromatic heterocycles. The first-order valence-corrected chi connectivity index (χ1v) is 6.16. The number of aromatic nitrogens is 1. The normalized spacial score (nSPS) is 19.0. The van der Waals surface area contributed by atoms with Gasteiger partial charge in [0.1, 0.15) is 5.69 Å². The predicted molar refractivity (Wildman–Crippen MR) is 69.7 cm³/mol. The van der Waals surface area contributed by atoms with Gasteiger partial charge in [-0.2, -0.15) is 0 Å². The number of carbonyl (C=O) groups is 1. The van der Waals surface area contributed by atoms with E-state index in [1.807, 2.05) is 18.0 Å². The van der Waals surface area contributed by atoms with Gasteiger partial charge in [0.05, 0.1) is 6.61 Å². The Morgan fingerprint density at radius 2 is 2.50 bits per heavy atom. The van der Waals surface area contributed by atoms with Crippen molar-refractivity contribution in [1.29, 1.82) is 0 Å². The van der Waals surface area contributed by atoms with Crippen LogP contribution >= 0.6 is 0 Å². The van der Waals surface area contributed by atoms with Crippen molar-refractivity contribution in [2.75, 3.05) is 39.2 Å². The average molecular weight is 249 g/mol. The second-order valence-corrected chi connectivity index (χ2v) is 4.54. The summed E-state index contributed by atoms with van der Waals surface area (Å²) < 4.78 is 5.13. The SMILES string of the molecule is CNc1ccnc(C(=O)N2CCC(COC)C2)c1. The molecule has 1 unspecified atom stereocenters. The topological polar surface area (TPSA) is 54.5 Å². The quantitative estimate of drug-likeness (QED) is 0.872. The van der Waals surface area contributed by atoms with E-state index in [0.717, 1.165) is 25.2 Å². The lowest BCUT2D eigenvalue weighted by molar-refractivity contribution is 0.0770. The number of hydrogen-bond acceptors (Lipinski definition) is 4. The molecule has 1 aliphatic heterocycles. The van der Waals surface area contributed by atoms with Crippen molar-refractivity contribution in [3.8, 4) is 0 Å². The molecule has 0 saturated carbocycles. The molecule has 2 rings (SSSR count). The molecule has 1 saturated heterocycles. The summed E-state index contributed by atoms with van der Waals surface area (Å²) in [6.45, 7) is 2.27. The molecule has 18 heavy (non-hydrogen) atoms. The zero-order valence-electron chi connectivity index (χ0n) is 10.8. The van der Waals surface area contributed by atoms with Gasteiger partial charge in [-0.15, -0.1) is 0 Å². The number of nitrogens with one attached hydrogen (secondary N) is 1. The monoisotopic (exact) mass is 249 g/mol. The Morgan fingerprint density at radius 1 is 1.67 bits per heavy atom. The zero-order valence-corrected chi connectivity index (χ0v) is 10.8. The smallest absolute Gasteiger partial charge is 0.272 e. The fourth-order valence-electron chi connectivity index (χ4n) is 2.25. The van der Waals surface area contributed by atoms with Crippen LogP contribution in [0.5, 0.6) is 0 Å². The highest BCUT2D eigenvalue weighted by molar-refractivity contribution is 5.93. The Balaban J connectivity index is 2.03. The van der Waals surface area contributed by atoms with Gasteiger partial charge in [0.15, 0.2) is 0 Å². The first-order chi connectivity index (χ1) is 8.74. The van der Waals surface area contributed by atoms with Gasteiger partial charge in [0, 0.05) is 45.0 Å². The molecule has 1 aromatic rings. The lowest BCUT2D eigenvalue weighted by Gasteiger charge is -2.16. The van der Waals surface area contributed by atoms with Crippen LogP contribution in [0.1, 0.15) is 16.9 Å². The lowest BCUT2D eigenvalue weighted by Crippen LogP contribution is -2.30. The van der Waals surface area contributed by atoms with Gasteiger partial charge in [-0.3, -0.25) is 9.78 Å². The lowest BCUT2D eigenvalue weighted by atomic mass is 10.1. The Kier molecular flexibility index (Phi) is 4.15. The van der Waals surface area contributed by atoms with E-state index in [-0.39, 0.29) is 5.91 Å². The number of amides is 1. The fourth-order valence-corrected chi connectivity index (χ4v) is 2.25. The standard InChI is InChI=1S/C13H19N3O2/c1-14-11-3-5-15-12(7-11)13(17)16-6-4-10(8-16)9-18-2/h3,5,7,10H,4,6,8-9H2,1-2H3,(H,14,15). The minimum Gasteiger partial charge on any atom is -0.388 e. The maximum Gasteiger partial charge on any atom is 0.272 e. The van der Waals surface area contributed by atoms with Crippen LogP contribution in [0, 0.1) is 5.92 Å². The third-order valence-electron chi connectivity index (χ3n) is 3.24. The van der Waals surface area contributed by atoms with Crippen molar-refractivity contribution in [2.45, 2.75) is 6.42 Å². The second-order valence-electron chi connectivity index (χ2n) is 4.54. The van der Waals surface area contributed by atoms with E-state index < -0.39 is 0 Å². The number of carbonyl (C=O) groups excluding carboxylic acids is 1. The first kappa shape index (κ1) is 12.8. The average Bonchev–Trinajstić information content (AvgIpc) is 2.87. The maximum absolute atomic E-state index is 12.3. The largest absolute Gasteiger partial charge is 0.388 e. The molecule has 2 heterocycles. The molecule has 0 bridgehead atoms. The van der Waals surface area contributed by atoms with Crippen molar-refractivity contribution in [3.05, 3.63) is 24.0 Å². The summed E-state index contributed by atoms with van der Waals surface area (Å²) in [5.41, 5.74) is 1.40. The van der Waals surface area contributed by atoms with E-state index in [1.165, 1.54) is 0 Å². The number of ether oxygens (including phenoxy) is 1. The molecule has 1 fully saturated rings. The van der Waals surface area contributed by atoms with Crippen LogP contribution in [0.2, 0.25) is 0 Å². The van der Waals surface area contributed by atoms with E-state index in [2.05, 4.69) is 10.3 Å². The molecule has 1 amide bonds. The number of methoxy groups -OCH3 is 1. The van der Waals surface area contributed by atoms with Crippen LogP contribution in [-0.4, -0.2) is 49.6 Å². The second kappa shape index (κ2) is 5.82. The van der Waals surface area contributed by atoms with Gasteiger partial charge in [0.2, 0.25) is 0 Å². The Labute approximate surface area is 107 Å². The molecular weight excluding hydrogens is 230 g/mol.